The Morgan fingerprint density at radius 1 is 0.750 bits per heavy atom. The van der Waals surface area contributed by atoms with Crippen LogP contribution in [0.2, 0.25) is 0 Å². The fourth-order valence-corrected chi connectivity index (χ4v) is 4.29. The molecule has 0 aliphatic heterocycles. The van der Waals surface area contributed by atoms with Gasteiger partial charge < -0.3 is 5.11 Å². The maximum Gasteiger partial charge on any atom is 0.0852 e. The average Bonchev–Trinajstić information content (AvgIpc) is 2.60. The second-order valence-electron chi connectivity index (χ2n) is 7.38. The number of aliphatic hydroxyl groups is 1. The molecule has 1 aliphatic rings. The fraction of sp³-hybridized carbons (Fsp3) is 0.304. The lowest BCUT2D eigenvalue weighted by atomic mass is 9.76. The molecule has 0 bridgehead atoms. The quantitative estimate of drug-likeness (QED) is 0.651. The van der Waals surface area contributed by atoms with E-state index in [2.05, 4.69) is 54.6 Å². The molecule has 24 heavy (non-hydrogen) atoms. The van der Waals surface area contributed by atoms with E-state index in [0.717, 1.165) is 18.4 Å². The average molecular weight is 316 g/mol. The van der Waals surface area contributed by atoms with E-state index in [4.69, 9.17) is 0 Å². The summed E-state index contributed by atoms with van der Waals surface area (Å²) in [6.45, 7) is 3.83. The van der Waals surface area contributed by atoms with Crippen molar-refractivity contribution in [3.8, 4) is 11.1 Å². The van der Waals surface area contributed by atoms with Crippen LogP contribution in [0.1, 0.15) is 43.4 Å². The Hall–Kier alpha value is -2.12. The highest BCUT2D eigenvalue weighted by molar-refractivity contribution is 5.97. The predicted molar refractivity (Wildman–Crippen MR) is 101 cm³/mol. The summed E-state index contributed by atoms with van der Waals surface area (Å²) in [4.78, 5) is 0. The van der Waals surface area contributed by atoms with Crippen LogP contribution in [0.3, 0.4) is 0 Å². The first-order valence-electron chi connectivity index (χ1n) is 8.92. The Morgan fingerprint density at radius 2 is 1.33 bits per heavy atom. The summed E-state index contributed by atoms with van der Waals surface area (Å²) in [5, 5.41) is 13.6. The number of hydrogen-bond donors (Lipinski definition) is 1. The highest BCUT2D eigenvalue weighted by Crippen LogP contribution is 2.44. The Morgan fingerprint density at radius 3 is 2.00 bits per heavy atom. The van der Waals surface area contributed by atoms with Gasteiger partial charge in [0.15, 0.2) is 0 Å². The summed E-state index contributed by atoms with van der Waals surface area (Å²) in [6, 6.07) is 19.2. The van der Waals surface area contributed by atoms with Crippen molar-refractivity contribution >= 4 is 10.8 Å². The zero-order valence-electron chi connectivity index (χ0n) is 14.5. The van der Waals surface area contributed by atoms with Gasteiger partial charge in [-0.25, -0.2) is 0 Å². The maximum atomic E-state index is 11.0. The van der Waals surface area contributed by atoms with Gasteiger partial charge in [0.1, 0.15) is 0 Å². The third-order valence-electron chi connectivity index (χ3n) is 5.22. The van der Waals surface area contributed by atoms with Crippen LogP contribution in [0.25, 0.3) is 21.9 Å². The van der Waals surface area contributed by atoms with Crippen LogP contribution in [-0.4, -0.2) is 5.11 Å². The molecule has 4 rings (SSSR count). The topological polar surface area (TPSA) is 20.2 Å². The van der Waals surface area contributed by atoms with Crippen LogP contribution in [0.5, 0.6) is 0 Å². The van der Waals surface area contributed by atoms with E-state index in [1.807, 2.05) is 13.8 Å². The summed E-state index contributed by atoms with van der Waals surface area (Å²) >= 11 is 0. The first kappa shape index (κ1) is 15.4. The van der Waals surface area contributed by atoms with Crippen molar-refractivity contribution < 1.29 is 5.11 Å². The van der Waals surface area contributed by atoms with Gasteiger partial charge in [0.05, 0.1) is 5.60 Å². The van der Waals surface area contributed by atoms with Gasteiger partial charge in [-0.3, -0.25) is 0 Å². The maximum absolute atomic E-state index is 11.0. The first-order valence-corrected chi connectivity index (χ1v) is 8.92. The van der Waals surface area contributed by atoms with Gasteiger partial charge in [-0.1, -0.05) is 54.6 Å². The highest BCUT2D eigenvalue weighted by Gasteiger charge is 2.29. The molecule has 1 nitrogen and oxygen atoms in total. The van der Waals surface area contributed by atoms with Gasteiger partial charge >= 0.3 is 0 Å². The lowest BCUT2D eigenvalue weighted by molar-refractivity contribution is 0.0807. The molecule has 3 aromatic rings. The van der Waals surface area contributed by atoms with Crippen LogP contribution in [0.15, 0.2) is 54.6 Å². The van der Waals surface area contributed by atoms with Crippen molar-refractivity contribution in [2.24, 2.45) is 0 Å². The lowest BCUT2D eigenvalue weighted by Gasteiger charge is -2.30. The van der Waals surface area contributed by atoms with E-state index in [1.165, 1.54) is 45.9 Å². The van der Waals surface area contributed by atoms with Crippen molar-refractivity contribution in [1.29, 1.82) is 0 Å². The molecule has 1 heteroatoms. The zero-order chi connectivity index (χ0) is 16.7. The smallest absolute Gasteiger partial charge is 0.0852 e. The third-order valence-corrected chi connectivity index (χ3v) is 5.22. The predicted octanol–water partition coefficient (Wildman–Crippen LogP) is 5.61. The van der Waals surface area contributed by atoms with Gasteiger partial charge in [-0.2, -0.15) is 0 Å². The molecular weight excluding hydrogens is 292 g/mol. The van der Waals surface area contributed by atoms with Gasteiger partial charge in [-0.05, 0) is 78.1 Å². The van der Waals surface area contributed by atoms with E-state index in [9.17, 15) is 5.11 Å². The van der Waals surface area contributed by atoms with E-state index in [1.54, 1.807) is 0 Å². The summed E-state index contributed by atoms with van der Waals surface area (Å²) in [6.07, 6.45) is 4.73. The van der Waals surface area contributed by atoms with Crippen molar-refractivity contribution in [3.63, 3.8) is 0 Å². The molecule has 122 valence electrons. The SMILES string of the molecule is CC(C)(O)c1c(-c2ccccc2)c2c(c3ccccc13)CCCC2. The number of rotatable bonds is 2. The standard InChI is InChI=1S/C23H24O/c1-23(2,24)22-20-15-9-7-13-18(20)17-12-6-8-14-19(17)21(22)16-10-4-3-5-11-16/h3-5,7,9-11,13,15,24H,6,8,12,14H2,1-2H3. The van der Waals surface area contributed by atoms with Gasteiger partial charge in [0, 0.05) is 0 Å². The van der Waals surface area contributed by atoms with Gasteiger partial charge in [0.2, 0.25) is 0 Å². The van der Waals surface area contributed by atoms with Crippen molar-refractivity contribution in [1.82, 2.24) is 0 Å². The minimum absolute atomic E-state index is 0.878. The van der Waals surface area contributed by atoms with Crippen LogP contribution >= 0.6 is 0 Å². The molecule has 0 saturated carbocycles. The normalized spacial score (nSPS) is 14.6. The molecule has 0 aromatic heterocycles. The van der Waals surface area contributed by atoms with Crippen LogP contribution in [-0.2, 0) is 18.4 Å². The van der Waals surface area contributed by atoms with Crippen molar-refractivity contribution in [2.45, 2.75) is 45.1 Å². The van der Waals surface area contributed by atoms with Crippen molar-refractivity contribution in [3.05, 3.63) is 71.3 Å². The molecule has 1 aliphatic carbocycles. The van der Waals surface area contributed by atoms with Crippen LogP contribution in [0.4, 0.5) is 0 Å². The van der Waals surface area contributed by atoms with Crippen molar-refractivity contribution in [2.75, 3.05) is 0 Å². The molecular formula is C23H24O. The van der Waals surface area contributed by atoms with Gasteiger partial charge in [-0.15, -0.1) is 0 Å². The monoisotopic (exact) mass is 316 g/mol. The Labute approximate surface area is 144 Å². The zero-order valence-corrected chi connectivity index (χ0v) is 14.5. The highest BCUT2D eigenvalue weighted by atomic mass is 16.3. The van der Waals surface area contributed by atoms with Crippen LogP contribution < -0.4 is 0 Å². The molecule has 0 unspecified atom stereocenters. The first-order chi connectivity index (χ1) is 11.6. The minimum Gasteiger partial charge on any atom is -0.386 e. The van der Waals surface area contributed by atoms with E-state index >= 15 is 0 Å². The number of benzene rings is 3. The third kappa shape index (κ3) is 2.44. The number of fused-ring (bicyclic) bond motifs is 3. The molecule has 0 radical (unpaired) electrons. The Bertz CT molecular complexity index is 885. The molecule has 0 fully saturated rings. The molecule has 3 aromatic carbocycles. The Kier molecular flexibility index (Phi) is 3.69. The van der Waals surface area contributed by atoms with E-state index in [-0.39, 0.29) is 0 Å². The molecule has 0 saturated heterocycles. The molecule has 0 amide bonds. The van der Waals surface area contributed by atoms with Crippen LogP contribution in [0, 0.1) is 0 Å². The largest absolute Gasteiger partial charge is 0.386 e. The second kappa shape index (κ2) is 5.75. The fourth-order valence-electron chi connectivity index (χ4n) is 4.29. The molecule has 1 N–H and O–H groups in total. The summed E-state index contributed by atoms with van der Waals surface area (Å²) in [5.74, 6) is 0. The lowest BCUT2D eigenvalue weighted by Crippen LogP contribution is -2.20. The minimum atomic E-state index is -0.878. The summed E-state index contributed by atoms with van der Waals surface area (Å²) in [5.41, 5.74) is 5.61. The Balaban J connectivity index is 2.20. The molecule has 0 heterocycles. The van der Waals surface area contributed by atoms with Gasteiger partial charge in [0.25, 0.3) is 0 Å². The molecule has 0 atom stereocenters. The number of aryl methyl sites for hydroxylation is 1. The summed E-state index contributed by atoms with van der Waals surface area (Å²) in [7, 11) is 0. The number of hydrogen-bond acceptors (Lipinski definition) is 1. The summed E-state index contributed by atoms with van der Waals surface area (Å²) < 4.78 is 0. The van der Waals surface area contributed by atoms with E-state index in [0.29, 0.717) is 0 Å². The second-order valence-corrected chi connectivity index (χ2v) is 7.38. The van der Waals surface area contributed by atoms with E-state index < -0.39 is 5.60 Å². The molecule has 0 spiro atoms.